The summed E-state index contributed by atoms with van der Waals surface area (Å²) in [5, 5.41) is 11.6. The molecule has 2 unspecified atom stereocenters. The first-order valence-electron chi connectivity index (χ1n) is 6.82. The molecule has 0 radical (unpaired) electrons. The summed E-state index contributed by atoms with van der Waals surface area (Å²) in [5.41, 5.74) is 1.44. The zero-order valence-corrected chi connectivity index (χ0v) is 11.8. The van der Waals surface area contributed by atoms with Crippen molar-refractivity contribution in [1.82, 2.24) is 0 Å². The predicted molar refractivity (Wildman–Crippen MR) is 80.7 cm³/mol. The number of ketones is 1. The van der Waals surface area contributed by atoms with E-state index >= 15 is 0 Å². The van der Waals surface area contributed by atoms with Crippen molar-refractivity contribution in [2.75, 3.05) is 0 Å². The van der Waals surface area contributed by atoms with Crippen molar-refractivity contribution < 1.29 is 9.72 Å². The summed E-state index contributed by atoms with van der Waals surface area (Å²) in [6.45, 7) is 1.47. The number of nitrogens with zero attached hydrogens (tertiary/aromatic N) is 1. The third kappa shape index (κ3) is 3.75. The van der Waals surface area contributed by atoms with Crippen LogP contribution < -0.4 is 0 Å². The highest BCUT2D eigenvalue weighted by atomic mass is 16.6. The van der Waals surface area contributed by atoms with E-state index in [0.717, 1.165) is 5.56 Å². The Labute approximate surface area is 123 Å². The van der Waals surface area contributed by atoms with Gasteiger partial charge in [0, 0.05) is 16.9 Å². The van der Waals surface area contributed by atoms with E-state index < -0.39 is 12.0 Å². The number of carbonyl (C=O) groups excluding carboxylic acids is 1. The van der Waals surface area contributed by atoms with Gasteiger partial charge in [0.15, 0.2) is 0 Å². The largest absolute Gasteiger partial charge is 0.300 e. The van der Waals surface area contributed by atoms with E-state index in [4.69, 9.17) is 0 Å². The lowest BCUT2D eigenvalue weighted by Gasteiger charge is -2.20. The number of carbonyl (C=O) groups is 1. The van der Waals surface area contributed by atoms with Gasteiger partial charge in [-0.1, -0.05) is 60.7 Å². The Bertz CT molecular complexity index is 610. The number of benzene rings is 2. The number of hydrogen-bond donors (Lipinski definition) is 0. The molecule has 2 rings (SSSR count). The van der Waals surface area contributed by atoms with Crippen LogP contribution in [0.4, 0.5) is 0 Å². The number of Topliss-reactive ketones (excluding diaryl/α,β-unsaturated/α-hetero) is 1. The summed E-state index contributed by atoms with van der Waals surface area (Å²) in [4.78, 5) is 22.9. The van der Waals surface area contributed by atoms with E-state index in [2.05, 4.69) is 0 Å². The fraction of sp³-hybridized carbons (Fsp3) is 0.235. The van der Waals surface area contributed by atoms with E-state index in [0.29, 0.717) is 5.56 Å². The van der Waals surface area contributed by atoms with E-state index in [-0.39, 0.29) is 17.1 Å². The lowest BCUT2D eigenvalue weighted by molar-refractivity contribution is -0.533. The minimum Gasteiger partial charge on any atom is -0.300 e. The zero-order chi connectivity index (χ0) is 15.2. The van der Waals surface area contributed by atoms with Crippen LogP contribution in [0.3, 0.4) is 0 Å². The topological polar surface area (TPSA) is 60.2 Å². The molecule has 108 valence electrons. The van der Waals surface area contributed by atoms with Crippen molar-refractivity contribution in [1.29, 1.82) is 0 Å². The standard InChI is InChI=1S/C17H17NO3/c1-13(19)12-16(14-8-4-2-5-9-14)17(18(20)21)15-10-6-3-7-11-15/h2-11,16-17H,12H2,1H3. The van der Waals surface area contributed by atoms with Gasteiger partial charge in [-0.2, -0.15) is 0 Å². The molecule has 0 aliphatic heterocycles. The fourth-order valence-electron chi connectivity index (χ4n) is 2.57. The minimum atomic E-state index is -0.919. The molecule has 0 aromatic heterocycles. The van der Waals surface area contributed by atoms with Gasteiger partial charge in [-0.25, -0.2) is 0 Å². The van der Waals surface area contributed by atoms with Crippen LogP contribution in [0.1, 0.15) is 36.4 Å². The maximum absolute atomic E-state index is 11.6. The van der Waals surface area contributed by atoms with Crippen LogP contribution in [0.15, 0.2) is 60.7 Å². The van der Waals surface area contributed by atoms with Crippen LogP contribution in [0, 0.1) is 10.1 Å². The molecule has 0 N–H and O–H groups in total. The van der Waals surface area contributed by atoms with E-state index in [1.165, 1.54) is 6.92 Å². The zero-order valence-electron chi connectivity index (χ0n) is 11.8. The van der Waals surface area contributed by atoms with Crippen molar-refractivity contribution >= 4 is 5.78 Å². The second kappa shape index (κ2) is 6.79. The van der Waals surface area contributed by atoms with Gasteiger partial charge in [0.2, 0.25) is 6.04 Å². The lowest BCUT2D eigenvalue weighted by atomic mass is 9.84. The monoisotopic (exact) mass is 283 g/mol. The number of nitro groups is 1. The molecule has 2 aromatic rings. The molecule has 0 aliphatic carbocycles. The first-order chi connectivity index (χ1) is 10.1. The second-order valence-corrected chi connectivity index (χ2v) is 5.06. The van der Waals surface area contributed by atoms with Crippen molar-refractivity contribution in [3.8, 4) is 0 Å². The molecule has 4 heteroatoms. The second-order valence-electron chi connectivity index (χ2n) is 5.06. The van der Waals surface area contributed by atoms with Crippen LogP contribution in [0.5, 0.6) is 0 Å². The molecular weight excluding hydrogens is 266 g/mol. The van der Waals surface area contributed by atoms with Crippen molar-refractivity contribution in [3.05, 3.63) is 81.9 Å². The average Bonchev–Trinajstić information content (AvgIpc) is 2.48. The molecule has 0 saturated carbocycles. The number of hydrogen-bond acceptors (Lipinski definition) is 3. The van der Waals surface area contributed by atoms with Crippen molar-refractivity contribution in [2.24, 2.45) is 0 Å². The predicted octanol–water partition coefficient (Wildman–Crippen LogP) is 3.77. The molecular formula is C17H17NO3. The summed E-state index contributed by atoms with van der Waals surface area (Å²) in [6, 6.07) is 17.2. The Balaban J connectivity index is 2.46. The van der Waals surface area contributed by atoms with Crippen molar-refractivity contribution in [2.45, 2.75) is 25.3 Å². The maximum Gasteiger partial charge on any atom is 0.245 e. The Morgan fingerprint density at radius 3 is 1.90 bits per heavy atom. The molecule has 21 heavy (non-hydrogen) atoms. The van der Waals surface area contributed by atoms with Gasteiger partial charge < -0.3 is 4.79 Å². The van der Waals surface area contributed by atoms with Gasteiger partial charge in [-0.15, -0.1) is 0 Å². The first-order valence-corrected chi connectivity index (χ1v) is 6.82. The normalized spacial score (nSPS) is 13.4. The maximum atomic E-state index is 11.6. The van der Waals surface area contributed by atoms with Gasteiger partial charge in [0.05, 0.1) is 5.92 Å². The quantitative estimate of drug-likeness (QED) is 0.599. The van der Waals surface area contributed by atoms with Crippen LogP contribution in [-0.2, 0) is 4.79 Å². The Kier molecular flexibility index (Phi) is 4.82. The number of rotatable bonds is 6. The van der Waals surface area contributed by atoms with Gasteiger partial charge in [0.25, 0.3) is 0 Å². The van der Waals surface area contributed by atoms with Gasteiger partial charge in [0.1, 0.15) is 5.78 Å². The fourth-order valence-corrected chi connectivity index (χ4v) is 2.57. The molecule has 2 aromatic carbocycles. The lowest BCUT2D eigenvalue weighted by Crippen LogP contribution is -2.21. The van der Waals surface area contributed by atoms with Gasteiger partial charge in [-0.05, 0) is 12.5 Å². The third-order valence-corrected chi connectivity index (χ3v) is 3.48. The molecule has 0 bridgehead atoms. The van der Waals surface area contributed by atoms with E-state index in [1.54, 1.807) is 24.3 Å². The van der Waals surface area contributed by atoms with Crippen molar-refractivity contribution in [3.63, 3.8) is 0 Å². The molecule has 0 spiro atoms. The smallest absolute Gasteiger partial charge is 0.245 e. The molecule has 4 nitrogen and oxygen atoms in total. The molecule has 0 amide bonds. The summed E-state index contributed by atoms with van der Waals surface area (Å²) < 4.78 is 0. The molecule has 0 saturated heterocycles. The minimum absolute atomic E-state index is 0.0494. The Hall–Kier alpha value is -2.49. The summed E-state index contributed by atoms with van der Waals surface area (Å²) in [6.07, 6.45) is 0.157. The van der Waals surface area contributed by atoms with Crippen LogP contribution in [0.2, 0.25) is 0 Å². The SMILES string of the molecule is CC(=O)CC(c1ccccc1)C(c1ccccc1)[N+](=O)[O-]. The molecule has 0 aliphatic rings. The van der Waals surface area contributed by atoms with Gasteiger partial charge >= 0.3 is 0 Å². The summed E-state index contributed by atoms with van der Waals surface area (Å²) in [5.74, 6) is -0.507. The highest BCUT2D eigenvalue weighted by Gasteiger charge is 2.35. The van der Waals surface area contributed by atoms with Gasteiger partial charge in [-0.3, -0.25) is 10.1 Å². The third-order valence-electron chi connectivity index (χ3n) is 3.48. The Morgan fingerprint density at radius 2 is 1.48 bits per heavy atom. The molecule has 0 fully saturated rings. The molecule has 2 atom stereocenters. The highest BCUT2D eigenvalue weighted by Crippen LogP contribution is 2.36. The summed E-state index contributed by atoms with van der Waals surface area (Å²) >= 11 is 0. The van der Waals surface area contributed by atoms with Crippen LogP contribution in [0.25, 0.3) is 0 Å². The van der Waals surface area contributed by atoms with Crippen LogP contribution >= 0.6 is 0 Å². The Morgan fingerprint density at radius 1 is 1.00 bits per heavy atom. The van der Waals surface area contributed by atoms with Crippen LogP contribution in [-0.4, -0.2) is 10.7 Å². The first kappa shape index (κ1) is 14.9. The highest BCUT2D eigenvalue weighted by molar-refractivity contribution is 5.76. The van der Waals surface area contributed by atoms with E-state index in [9.17, 15) is 14.9 Å². The molecule has 0 heterocycles. The summed E-state index contributed by atoms with van der Waals surface area (Å²) in [7, 11) is 0. The van der Waals surface area contributed by atoms with E-state index in [1.807, 2.05) is 36.4 Å². The average molecular weight is 283 g/mol.